The lowest BCUT2D eigenvalue weighted by Crippen LogP contribution is -2.35. The maximum Gasteiger partial charge on any atom is 0.254 e. The number of amides is 1. The molecule has 3 aromatic rings. The summed E-state index contributed by atoms with van der Waals surface area (Å²) in [6.07, 6.45) is 0.923. The predicted octanol–water partition coefficient (Wildman–Crippen LogP) is 2.90. The van der Waals surface area contributed by atoms with E-state index in [9.17, 15) is 4.79 Å². The molecule has 2 aliphatic heterocycles. The number of hydrogen-bond acceptors (Lipinski definition) is 6. The second kappa shape index (κ2) is 7.16. The molecule has 1 saturated heterocycles. The van der Waals surface area contributed by atoms with Gasteiger partial charge in [0.2, 0.25) is 6.79 Å². The largest absolute Gasteiger partial charge is 0.454 e. The van der Waals surface area contributed by atoms with Gasteiger partial charge < -0.3 is 18.9 Å². The number of carbonyl (C=O) groups excluding carboxylic acids is 1. The summed E-state index contributed by atoms with van der Waals surface area (Å²) in [5.74, 6) is 1.37. The molecule has 0 aliphatic carbocycles. The number of rotatable bonds is 3. The Morgan fingerprint density at radius 1 is 1.00 bits per heavy atom. The molecule has 144 valence electrons. The molecule has 7 heteroatoms. The van der Waals surface area contributed by atoms with Gasteiger partial charge in [0.15, 0.2) is 17.1 Å². The van der Waals surface area contributed by atoms with Crippen LogP contribution >= 0.6 is 0 Å². The second-order valence-electron chi connectivity index (χ2n) is 7.12. The highest BCUT2D eigenvalue weighted by molar-refractivity contribution is 5.95. The van der Waals surface area contributed by atoms with Crippen LogP contribution in [0.5, 0.6) is 11.5 Å². The van der Waals surface area contributed by atoms with E-state index >= 15 is 0 Å². The van der Waals surface area contributed by atoms with E-state index in [1.807, 2.05) is 29.2 Å². The summed E-state index contributed by atoms with van der Waals surface area (Å²) in [6.45, 7) is 4.08. The van der Waals surface area contributed by atoms with Crippen LogP contribution in [-0.2, 0) is 6.54 Å². The molecule has 7 nitrogen and oxygen atoms in total. The van der Waals surface area contributed by atoms with E-state index < -0.39 is 0 Å². The Morgan fingerprint density at radius 2 is 1.89 bits per heavy atom. The third-order valence-corrected chi connectivity index (χ3v) is 5.32. The lowest BCUT2D eigenvalue weighted by Gasteiger charge is -2.21. The Balaban J connectivity index is 1.26. The quantitative estimate of drug-likeness (QED) is 0.697. The van der Waals surface area contributed by atoms with Crippen LogP contribution in [0, 0.1) is 0 Å². The zero-order valence-electron chi connectivity index (χ0n) is 15.5. The summed E-state index contributed by atoms with van der Waals surface area (Å²) in [7, 11) is 0. The molecule has 3 heterocycles. The van der Waals surface area contributed by atoms with Crippen molar-refractivity contribution in [2.45, 2.75) is 13.0 Å². The Morgan fingerprint density at radius 3 is 2.86 bits per heavy atom. The lowest BCUT2D eigenvalue weighted by molar-refractivity contribution is 0.0760. The fraction of sp³-hybridized carbons (Fsp3) is 0.333. The van der Waals surface area contributed by atoms with Crippen molar-refractivity contribution >= 4 is 16.9 Å². The van der Waals surface area contributed by atoms with Gasteiger partial charge in [-0.1, -0.05) is 17.3 Å². The number of benzene rings is 2. The molecular weight excluding hydrogens is 358 g/mol. The van der Waals surface area contributed by atoms with Crippen LogP contribution in [-0.4, -0.2) is 53.8 Å². The fourth-order valence-corrected chi connectivity index (χ4v) is 3.81. The summed E-state index contributed by atoms with van der Waals surface area (Å²) in [4.78, 5) is 17.2. The van der Waals surface area contributed by atoms with Crippen molar-refractivity contribution in [3.05, 3.63) is 53.7 Å². The average Bonchev–Trinajstić information content (AvgIpc) is 3.29. The van der Waals surface area contributed by atoms with Crippen molar-refractivity contribution in [1.29, 1.82) is 0 Å². The van der Waals surface area contributed by atoms with Gasteiger partial charge >= 0.3 is 0 Å². The average molecular weight is 379 g/mol. The van der Waals surface area contributed by atoms with E-state index in [1.165, 1.54) is 0 Å². The first-order valence-electron chi connectivity index (χ1n) is 9.52. The number of fused-ring (bicyclic) bond motifs is 2. The van der Waals surface area contributed by atoms with Crippen LogP contribution in [0.3, 0.4) is 0 Å². The van der Waals surface area contributed by atoms with E-state index in [0.29, 0.717) is 23.6 Å². The van der Waals surface area contributed by atoms with E-state index in [2.05, 4.69) is 10.1 Å². The van der Waals surface area contributed by atoms with Crippen LogP contribution in [0.15, 0.2) is 47.0 Å². The van der Waals surface area contributed by atoms with Crippen LogP contribution in [0.2, 0.25) is 0 Å². The van der Waals surface area contributed by atoms with Crippen molar-refractivity contribution < 1.29 is 18.8 Å². The Bertz CT molecular complexity index is 1020. The first kappa shape index (κ1) is 17.1. The first-order valence-corrected chi connectivity index (χ1v) is 9.52. The summed E-state index contributed by atoms with van der Waals surface area (Å²) < 4.78 is 16.1. The molecule has 0 radical (unpaired) electrons. The molecule has 0 saturated carbocycles. The lowest BCUT2D eigenvalue weighted by atomic mass is 10.1. The molecule has 5 rings (SSSR count). The van der Waals surface area contributed by atoms with Gasteiger partial charge in [0.05, 0.1) is 0 Å². The van der Waals surface area contributed by atoms with Crippen LogP contribution in [0.1, 0.15) is 22.5 Å². The number of nitrogens with zero attached hydrogens (tertiary/aromatic N) is 3. The van der Waals surface area contributed by atoms with Gasteiger partial charge in [-0.05, 0) is 36.8 Å². The zero-order valence-corrected chi connectivity index (χ0v) is 15.5. The normalized spacial score (nSPS) is 17.1. The van der Waals surface area contributed by atoms with Gasteiger partial charge in [-0.3, -0.25) is 9.69 Å². The molecule has 0 unspecified atom stereocenters. The van der Waals surface area contributed by atoms with Crippen molar-refractivity contribution in [3.63, 3.8) is 0 Å². The van der Waals surface area contributed by atoms with E-state index in [0.717, 1.165) is 49.3 Å². The third-order valence-electron chi connectivity index (χ3n) is 5.32. The minimum Gasteiger partial charge on any atom is -0.454 e. The first-order chi connectivity index (χ1) is 13.8. The highest BCUT2D eigenvalue weighted by Crippen LogP contribution is 2.33. The van der Waals surface area contributed by atoms with Gasteiger partial charge in [0, 0.05) is 43.7 Å². The van der Waals surface area contributed by atoms with Gasteiger partial charge in [0.1, 0.15) is 5.69 Å². The van der Waals surface area contributed by atoms with E-state index in [4.69, 9.17) is 14.0 Å². The number of aromatic nitrogens is 1. The maximum absolute atomic E-state index is 12.9. The maximum atomic E-state index is 12.9. The minimum absolute atomic E-state index is 0.0343. The monoisotopic (exact) mass is 379 g/mol. The number of carbonyl (C=O) groups is 1. The van der Waals surface area contributed by atoms with Gasteiger partial charge in [-0.15, -0.1) is 0 Å². The van der Waals surface area contributed by atoms with Crippen molar-refractivity contribution in [3.8, 4) is 11.5 Å². The topological polar surface area (TPSA) is 68.0 Å². The predicted molar refractivity (Wildman–Crippen MR) is 102 cm³/mol. The Kier molecular flexibility index (Phi) is 4.37. The Labute approximate surface area is 162 Å². The molecular formula is C21H21N3O4. The highest BCUT2D eigenvalue weighted by Gasteiger charge is 2.23. The smallest absolute Gasteiger partial charge is 0.254 e. The van der Waals surface area contributed by atoms with Gasteiger partial charge in [-0.25, -0.2) is 0 Å². The van der Waals surface area contributed by atoms with Crippen LogP contribution < -0.4 is 9.47 Å². The number of hydrogen-bond donors (Lipinski definition) is 0. The van der Waals surface area contributed by atoms with Crippen molar-refractivity contribution in [2.24, 2.45) is 0 Å². The third kappa shape index (κ3) is 3.18. The zero-order chi connectivity index (χ0) is 18.9. The molecule has 0 spiro atoms. The molecule has 1 amide bonds. The molecule has 2 aromatic carbocycles. The number of ether oxygens (including phenoxy) is 2. The van der Waals surface area contributed by atoms with Gasteiger partial charge in [0.25, 0.3) is 5.91 Å². The van der Waals surface area contributed by atoms with Crippen molar-refractivity contribution in [1.82, 2.24) is 15.0 Å². The standard InChI is InChI=1S/C21H21N3O4/c25-21(15-6-7-19-20(12-15)27-14-26-19)24-9-3-8-23(10-11-24)13-17-16-4-1-2-5-18(16)28-22-17/h1-2,4-7,12H,3,8-11,13-14H2. The van der Waals surface area contributed by atoms with Crippen LogP contribution in [0.4, 0.5) is 0 Å². The van der Waals surface area contributed by atoms with Crippen molar-refractivity contribution in [2.75, 3.05) is 33.0 Å². The number of para-hydroxylation sites is 1. The molecule has 0 bridgehead atoms. The summed E-state index contributed by atoms with van der Waals surface area (Å²) in [5.41, 5.74) is 2.40. The molecule has 1 aromatic heterocycles. The van der Waals surface area contributed by atoms with Crippen LogP contribution in [0.25, 0.3) is 11.0 Å². The summed E-state index contributed by atoms with van der Waals surface area (Å²) in [5, 5.41) is 5.29. The summed E-state index contributed by atoms with van der Waals surface area (Å²) >= 11 is 0. The highest BCUT2D eigenvalue weighted by atomic mass is 16.7. The Hall–Kier alpha value is -3.06. The van der Waals surface area contributed by atoms with E-state index in [1.54, 1.807) is 18.2 Å². The minimum atomic E-state index is 0.0343. The molecule has 28 heavy (non-hydrogen) atoms. The molecule has 0 atom stereocenters. The fourth-order valence-electron chi connectivity index (χ4n) is 3.81. The van der Waals surface area contributed by atoms with Gasteiger partial charge in [-0.2, -0.15) is 0 Å². The second-order valence-corrected chi connectivity index (χ2v) is 7.12. The SMILES string of the molecule is O=C(c1ccc2c(c1)OCO2)N1CCCN(Cc2noc3ccccc23)CC1. The molecule has 0 N–H and O–H groups in total. The molecule has 2 aliphatic rings. The van der Waals surface area contributed by atoms with E-state index in [-0.39, 0.29) is 12.7 Å². The molecule has 1 fully saturated rings. The summed E-state index contributed by atoms with van der Waals surface area (Å²) in [6, 6.07) is 13.3.